The van der Waals surface area contributed by atoms with Gasteiger partial charge < -0.3 is 0 Å². The molecule has 1 heterocycles. The van der Waals surface area contributed by atoms with Gasteiger partial charge >= 0.3 is 43.7 Å². The van der Waals surface area contributed by atoms with Crippen molar-refractivity contribution in [1.29, 1.82) is 0 Å². The maximum atomic E-state index is 5.04. The summed E-state index contributed by atoms with van der Waals surface area (Å²) >= 11 is -2.13. The summed E-state index contributed by atoms with van der Waals surface area (Å²) in [6.07, 6.45) is 2.27. The third-order valence-corrected chi connectivity index (χ3v) is 5.29. The molecular formula is C25H14Cl3NZr-. The fraction of sp³-hybridized carbons (Fsp3) is 0. The van der Waals surface area contributed by atoms with Gasteiger partial charge in [-0.2, -0.15) is 0 Å². The number of nitrogens with zero attached hydrogens (tertiary/aromatic N) is 1. The van der Waals surface area contributed by atoms with E-state index in [9.17, 15) is 0 Å². The predicted molar refractivity (Wildman–Crippen MR) is 126 cm³/mol. The number of allylic oxidation sites excluding steroid dienone is 1. The summed E-state index contributed by atoms with van der Waals surface area (Å²) in [5, 5.41) is 2.29. The Bertz CT molecular complexity index is 1320. The van der Waals surface area contributed by atoms with Crippen molar-refractivity contribution in [3.05, 3.63) is 102 Å². The molecule has 4 aromatic carbocycles. The molecule has 0 unspecified atom stereocenters. The number of hydrogen-bond acceptors (Lipinski definition) is 1. The van der Waals surface area contributed by atoms with Crippen LogP contribution in [0.5, 0.6) is 0 Å². The third-order valence-electron chi connectivity index (χ3n) is 5.29. The molecule has 0 bridgehead atoms. The minimum absolute atomic E-state index is 1.06. The molecule has 2 aliphatic rings. The third kappa shape index (κ3) is 3.72. The maximum absolute atomic E-state index is 5.04. The van der Waals surface area contributed by atoms with E-state index in [-0.39, 0.29) is 0 Å². The van der Waals surface area contributed by atoms with Crippen LogP contribution >= 0.6 is 25.5 Å². The Morgan fingerprint density at radius 2 is 1.57 bits per heavy atom. The van der Waals surface area contributed by atoms with Crippen molar-refractivity contribution in [2.75, 3.05) is 0 Å². The second-order valence-corrected chi connectivity index (χ2v) is 18.2. The van der Waals surface area contributed by atoms with Crippen LogP contribution < -0.4 is 0 Å². The van der Waals surface area contributed by atoms with Gasteiger partial charge in [0.2, 0.25) is 0 Å². The molecule has 0 radical (unpaired) electrons. The number of halogens is 3. The van der Waals surface area contributed by atoms with E-state index < -0.39 is 18.2 Å². The first kappa shape index (κ1) is 20.2. The average molecular weight is 526 g/mol. The molecule has 0 saturated carbocycles. The van der Waals surface area contributed by atoms with Gasteiger partial charge in [0.15, 0.2) is 0 Å². The Morgan fingerprint density at radius 1 is 0.767 bits per heavy atom. The van der Waals surface area contributed by atoms with E-state index in [1.54, 1.807) is 0 Å². The monoisotopic (exact) mass is 523 g/mol. The van der Waals surface area contributed by atoms with Crippen LogP contribution in [0.2, 0.25) is 0 Å². The number of benzene rings is 4. The van der Waals surface area contributed by atoms with Crippen molar-refractivity contribution in [3.63, 3.8) is 0 Å². The summed E-state index contributed by atoms with van der Waals surface area (Å²) in [6.45, 7) is 0. The molecule has 0 atom stereocenters. The van der Waals surface area contributed by atoms with Gasteiger partial charge in [0.1, 0.15) is 0 Å². The van der Waals surface area contributed by atoms with Crippen LogP contribution in [0, 0.1) is 6.07 Å². The van der Waals surface area contributed by atoms with Crippen molar-refractivity contribution in [2.24, 2.45) is 4.99 Å². The van der Waals surface area contributed by atoms with Crippen molar-refractivity contribution in [2.45, 2.75) is 0 Å². The van der Waals surface area contributed by atoms with Gasteiger partial charge in [0, 0.05) is 11.1 Å². The van der Waals surface area contributed by atoms with E-state index in [2.05, 4.69) is 78.9 Å². The summed E-state index contributed by atoms with van der Waals surface area (Å²) in [6, 6.07) is 31.0. The van der Waals surface area contributed by atoms with E-state index in [1.165, 1.54) is 38.8 Å². The summed E-state index contributed by atoms with van der Waals surface area (Å²) in [4.78, 5) is 5.04. The van der Waals surface area contributed by atoms with Crippen molar-refractivity contribution in [1.82, 2.24) is 0 Å². The number of hydrogen-bond donors (Lipinski definition) is 0. The molecule has 1 nitrogen and oxygen atoms in total. The van der Waals surface area contributed by atoms with Crippen molar-refractivity contribution < 1.29 is 18.2 Å². The van der Waals surface area contributed by atoms with Gasteiger partial charge in [-0.1, -0.05) is 54.6 Å². The molecule has 0 N–H and O–H groups in total. The van der Waals surface area contributed by atoms with E-state index in [1.807, 2.05) is 12.1 Å². The van der Waals surface area contributed by atoms with Gasteiger partial charge in [0.05, 0.1) is 5.71 Å². The maximum Gasteiger partial charge on any atom is 0.0673 e. The Morgan fingerprint density at radius 3 is 2.37 bits per heavy atom. The molecule has 4 aromatic rings. The Hall–Kier alpha value is -1.70. The minimum atomic E-state index is -2.13. The molecule has 0 saturated heterocycles. The number of fused-ring (bicyclic) bond motifs is 7. The zero-order valence-electron chi connectivity index (χ0n) is 15.7. The fourth-order valence-electron chi connectivity index (χ4n) is 4.02. The molecule has 0 spiro atoms. The molecular weight excluding hydrogens is 512 g/mol. The van der Waals surface area contributed by atoms with E-state index in [0.717, 1.165) is 16.8 Å². The van der Waals surface area contributed by atoms with Crippen LogP contribution in [0.25, 0.3) is 33.5 Å². The van der Waals surface area contributed by atoms with Crippen LogP contribution in [0.15, 0.2) is 83.9 Å². The fourth-order valence-corrected chi connectivity index (χ4v) is 4.02. The molecule has 145 valence electrons. The van der Waals surface area contributed by atoms with Crippen LogP contribution in [-0.2, 0) is 18.2 Å². The average Bonchev–Trinajstić information content (AvgIpc) is 3.30. The van der Waals surface area contributed by atoms with Crippen molar-refractivity contribution >= 4 is 59.4 Å². The van der Waals surface area contributed by atoms with E-state index in [0.29, 0.717) is 0 Å². The minimum Gasteiger partial charge on any atom is -0.295 e. The standard InChI is InChI=1S/C25H14N.3ClH.Zr/c1-2-6-16(7-3-1)18-10-11-19-15-23-21-13-12-17-8-4-5-9-20(17)24(21)26-25(23)22(19)14-18;;;;/h1-8,10-15H;3*1H;/q-1;;;;+3/p-3. The smallest absolute Gasteiger partial charge is 0.0673 e. The first-order valence-electron chi connectivity index (χ1n) is 9.39. The SMILES string of the molecule is [Cl][Zr]([Cl])[Cl].[c-]1cccc2ccc3c(c12)N=C1C3=Cc2ccc(-c3ccccc3)cc21. The molecule has 1 aliphatic heterocycles. The predicted octanol–water partition coefficient (Wildman–Crippen LogP) is 8.36. The van der Waals surface area contributed by atoms with Crippen LogP contribution in [0.3, 0.4) is 0 Å². The molecule has 0 amide bonds. The molecule has 0 aromatic heterocycles. The van der Waals surface area contributed by atoms with Crippen LogP contribution in [-0.4, -0.2) is 5.71 Å². The summed E-state index contributed by atoms with van der Waals surface area (Å²) in [5.74, 6) is 0. The van der Waals surface area contributed by atoms with Crippen molar-refractivity contribution in [3.8, 4) is 11.1 Å². The zero-order valence-corrected chi connectivity index (χ0v) is 20.4. The quantitative estimate of drug-likeness (QED) is 0.221. The van der Waals surface area contributed by atoms with Crippen LogP contribution in [0.1, 0.15) is 16.7 Å². The van der Waals surface area contributed by atoms with Gasteiger partial charge in [-0.25, -0.2) is 0 Å². The zero-order chi connectivity index (χ0) is 20.7. The molecule has 5 heteroatoms. The van der Waals surface area contributed by atoms with Gasteiger partial charge in [-0.05, 0) is 40.1 Å². The summed E-state index contributed by atoms with van der Waals surface area (Å²) in [5.41, 5.74) is 9.54. The Kier molecular flexibility index (Phi) is 5.69. The first-order valence-corrected chi connectivity index (χ1v) is 18.9. The molecule has 30 heavy (non-hydrogen) atoms. The largest absolute Gasteiger partial charge is 0.295 e. The van der Waals surface area contributed by atoms with E-state index in [4.69, 9.17) is 30.5 Å². The van der Waals surface area contributed by atoms with E-state index >= 15 is 0 Å². The topological polar surface area (TPSA) is 12.4 Å². The molecule has 1 aliphatic carbocycles. The second-order valence-electron chi connectivity index (χ2n) is 7.00. The first-order chi connectivity index (χ1) is 14.6. The molecule has 6 rings (SSSR count). The summed E-state index contributed by atoms with van der Waals surface area (Å²) in [7, 11) is 15.0. The van der Waals surface area contributed by atoms with Crippen LogP contribution in [0.4, 0.5) is 5.69 Å². The Balaban J connectivity index is 0.000000446. The second kappa shape index (κ2) is 8.44. The number of rotatable bonds is 1. The Labute approximate surface area is 194 Å². The van der Waals surface area contributed by atoms with Gasteiger partial charge in [-0.3, -0.25) is 4.99 Å². The number of aliphatic imine (C=N–C) groups is 1. The van der Waals surface area contributed by atoms with Gasteiger partial charge in [0.25, 0.3) is 0 Å². The van der Waals surface area contributed by atoms with Gasteiger partial charge in [-0.15, -0.1) is 35.0 Å². The normalized spacial score (nSPS) is 12.9. The summed E-state index contributed by atoms with van der Waals surface area (Å²) < 4.78 is 0. The molecule has 0 fully saturated rings.